The van der Waals surface area contributed by atoms with Crippen LogP contribution in [0.3, 0.4) is 0 Å². The number of hydrogen-bond acceptors (Lipinski definition) is 10. The van der Waals surface area contributed by atoms with E-state index >= 15 is 0 Å². The van der Waals surface area contributed by atoms with E-state index < -0.39 is 18.0 Å². The van der Waals surface area contributed by atoms with Crippen molar-refractivity contribution >= 4 is 57.7 Å². The number of H-pyrrole nitrogens is 1. The van der Waals surface area contributed by atoms with Crippen molar-refractivity contribution in [1.29, 1.82) is 0 Å². The number of pyridine rings is 2. The summed E-state index contributed by atoms with van der Waals surface area (Å²) in [5.41, 5.74) is 22.7. The van der Waals surface area contributed by atoms with E-state index in [1.54, 1.807) is 25.5 Å². The van der Waals surface area contributed by atoms with E-state index in [1.807, 2.05) is 60.8 Å². The van der Waals surface area contributed by atoms with Crippen LogP contribution in [0, 0.1) is 5.92 Å². The van der Waals surface area contributed by atoms with Crippen LogP contribution in [0.2, 0.25) is 5.02 Å². The molecule has 0 bridgehead atoms. The molecule has 5 aromatic rings. The molecule has 0 saturated heterocycles. The lowest BCUT2D eigenvalue weighted by Gasteiger charge is -2.31. The van der Waals surface area contributed by atoms with E-state index in [2.05, 4.69) is 20.6 Å². The van der Waals surface area contributed by atoms with Gasteiger partial charge < -0.3 is 37.7 Å². The fraction of sp³-hybridized carbons (Fsp3) is 0.357. The lowest BCUT2D eigenvalue weighted by Crippen LogP contribution is -2.51. The molecule has 294 valence electrons. The number of carbonyl (C=O) groups is 3. The highest BCUT2D eigenvalue weighted by Crippen LogP contribution is 2.40. The topological polar surface area (TPSA) is 198 Å². The zero-order valence-corrected chi connectivity index (χ0v) is 33.2. The summed E-state index contributed by atoms with van der Waals surface area (Å²) in [4.78, 5) is 57.9. The predicted octanol–water partition coefficient (Wildman–Crippen LogP) is 5.61. The number of aromatic nitrogens is 3. The molecule has 0 fully saturated rings. The normalized spacial score (nSPS) is 18.7. The molecule has 0 radical (unpaired) electrons. The molecule has 3 aromatic heterocycles. The molecule has 3 atom stereocenters. The summed E-state index contributed by atoms with van der Waals surface area (Å²) in [6.45, 7) is 1.37. The number of rotatable bonds is 10. The molecule has 14 heteroatoms. The summed E-state index contributed by atoms with van der Waals surface area (Å²) < 4.78 is 0. The van der Waals surface area contributed by atoms with E-state index in [0.29, 0.717) is 67.6 Å². The Balaban J connectivity index is 1.44. The molecular weight excluding hydrogens is 746 g/mol. The largest absolute Gasteiger partial charge is 0.384 e. The first kappa shape index (κ1) is 40.9. The number of hydrogen-bond donors (Lipinski definition) is 6. The Morgan fingerprint density at radius 3 is 2.52 bits per heavy atom. The number of nitrogen functional groups attached to an aromatic ring is 1. The van der Waals surface area contributed by atoms with Gasteiger partial charge in [0.25, 0.3) is 0 Å². The first-order valence-electron chi connectivity index (χ1n) is 19.1. The molecule has 6 rings (SSSR count). The minimum Gasteiger partial charge on any atom is -0.384 e. The van der Waals surface area contributed by atoms with Crippen molar-refractivity contribution in [3.05, 3.63) is 101 Å². The fourth-order valence-corrected chi connectivity index (χ4v) is 8.56. The molecule has 2 amide bonds. The van der Waals surface area contributed by atoms with Gasteiger partial charge in [-0.1, -0.05) is 54.0 Å². The molecular formula is C42H50ClN9O3S. The quantitative estimate of drug-likeness (QED) is 0.0967. The minimum absolute atomic E-state index is 0.0237. The van der Waals surface area contributed by atoms with Crippen LogP contribution >= 0.6 is 23.4 Å². The second kappa shape index (κ2) is 19.4. The molecule has 0 saturated carbocycles. The molecule has 9 N–H and O–H groups in total. The van der Waals surface area contributed by atoms with Gasteiger partial charge in [-0.3, -0.25) is 14.4 Å². The molecule has 1 aliphatic heterocycles. The molecule has 56 heavy (non-hydrogen) atoms. The number of amides is 2. The van der Waals surface area contributed by atoms with E-state index in [4.69, 9.17) is 33.8 Å². The monoisotopic (exact) mass is 795 g/mol. The zero-order chi connectivity index (χ0) is 39.6. The van der Waals surface area contributed by atoms with Crippen molar-refractivity contribution in [2.75, 3.05) is 25.9 Å². The first-order valence-corrected chi connectivity index (χ1v) is 20.3. The lowest BCUT2D eigenvalue weighted by molar-refractivity contribution is -0.143. The number of Topliss-reactive ketones (excluding diaryl/α,β-unsaturated/α-hetero) is 1. The van der Waals surface area contributed by atoms with E-state index in [0.717, 1.165) is 43.6 Å². The van der Waals surface area contributed by atoms with Crippen LogP contribution in [0.1, 0.15) is 55.2 Å². The van der Waals surface area contributed by atoms with Gasteiger partial charge in [0, 0.05) is 78.8 Å². The van der Waals surface area contributed by atoms with E-state index in [1.165, 1.54) is 16.7 Å². The standard InChI is InChI=1S/C42H50ClN9O3S/c1-52-36(20-30-24-48-34-11-3-2-10-32(30)34)40(54)51-25-31-18-29(27-13-14-38(46)50-22-27)19-33(43)39(31)56-41-28(9-7-17-47-41)23-49-35(12-6-16-45)37(53)21-26(42(52)55)8-4-5-15-44/h2-3,7,9-11,13-14,17-19,22,24,26,35-36,48-49H,4-6,8,12,15-16,20-21,23,25,44-45H2,1H3,(H2,46,50)(H,51,54)/t26-,35+,36+/m1/s1. The maximum atomic E-state index is 14.6. The summed E-state index contributed by atoms with van der Waals surface area (Å²) in [6, 6.07) is 17.7. The number of nitrogens with one attached hydrogen (secondary N) is 3. The molecule has 12 nitrogen and oxygen atoms in total. The molecule has 1 aliphatic rings. The second-order valence-electron chi connectivity index (χ2n) is 14.3. The van der Waals surface area contributed by atoms with Crippen molar-refractivity contribution in [2.45, 2.75) is 80.0 Å². The summed E-state index contributed by atoms with van der Waals surface area (Å²) in [5.74, 6) is -0.918. The highest BCUT2D eigenvalue weighted by molar-refractivity contribution is 7.99. The van der Waals surface area contributed by atoms with Gasteiger partial charge in [-0.2, -0.15) is 0 Å². The van der Waals surface area contributed by atoms with Gasteiger partial charge >= 0.3 is 0 Å². The molecule has 2 aromatic carbocycles. The number of nitrogens with two attached hydrogens (primary N) is 3. The number of unbranched alkanes of at least 4 members (excludes halogenated alkanes) is 1. The van der Waals surface area contributed by atoms with Gasteiger partial charge in [0.1, 0.15) is 16.9 Å². The molecule has 4 heterocycles. The third-order valence-electron chi connectivity index (χ3n) is 10.4. The third kappa shape index (κ3) is 9.95. The van der Waals surface area contributed by atoms with Crippen molar-refractivity contribution < 1.29 is 14.4 Å². The zero-order valence-electron chi connectivity index (χ0n) is 31.6. The van der Waals surface area contributed by atoms with Crippen molar-refractivity contribution in [2.24, 2.45) is 17.4 Å². The summed E-state index contributed by atoms with van der Waals surface area (Å²) in [7, 11) is 1.66. The Hall–Kier alpha value is -4.79. The predicted molar refractivity (Wildman–Crippen MR) is 223 cm³/mol. The van der Waals surface area contributed by atoms with Crippen LogP contribution in [0.5, 0.6) is 0 Å². The van der Waals surface area contributed by atoms with Crippen LogP contribution in [-0.2, 0) is 33.9 Å². The van der Waals surface area contributed by atoms with E-state index in [9.17, 15) is 14.4 Å². The Kier molecular flexibility index (Phi) is 14.1. The number of nitrogens with zero attached hydrogens (tertiary/aromatic N) is 3. The lowest BCUT2D eigenvalue weighted by atomic mass is 9.90. The van der Waals surface area contributed by atoms with Gasteiger partial charge in [-0.25, -0.2) is 9.97 Å². The summed E-state index contributed by atoms with van der Waals surface area (Å²) in [6.07, 6.45) is 8.57. The smallest absolute Gasteiger partial charge is 0.243 e. The number of anilines is 1. The number of fused-ring (bicyclic) bond motifs is 3. The van der Waals surface area contributed by atoms with Crippen LogP contribution in [0.25, 0.3) is 22.0 Å². The van der Waals surface area contributed by atoms with Crippen LogP contribution in [0.15, 0.2) is 89.2 Å². The Morgan fingerprint density at radius 1 is 0.911 bits per heavy atom. The number of ketones is 1. The number of likely N-dealkylation sites (N-methyl/N-ethyl adjacent to an activating group) is 1. The van der Waals surface area contributed by atoms with Crippen LogP contribution in [0.4, 0.5) is 5.82 Å². The van der Waals surface area contributed by atoms with Crippen molar-refractivity contribution in [3.8, 4) is 11.1 Å². The molecule has 0 unspecified atom stereocenters. The number of para-hydroxylation sites is 1. The average Bonchev–Trinajstić information content (AvgIpc) is 3.62. The van der Waals surface area contributed by atoms with Crippen molar-refractivity contribution in [3.63, 3.8) is 0 Å². The molecule has 0 spiro atoms. The van der Waals surface area contributed by atoms with Gasteiger partial charge in [0.15, 0.2) is 5.78 Å². The summed E-state index contributed by atoms with van der Waals surface area (Å²) >= 11 is 8.50. The van der Waals surface area contributed by atoms with Gasteiger partial charge in [0.05, 0.1) is 11.1 Å². The van der Waals surface area contributed by atoms with Crippen LogP contribution < -0.4 is 27.8 Å². The molecule has 0 aliphatic carbocycles. The third-order valence-corrected chi connectivity index (χ3v) is 12.0. The second-order valence-corrected chi connectivity index (χ2v) is 15.7. The number of halogens is 1. The number of carbonyl (C=O) groups excluding carboxylic acids is 3. The highest BCUT2D eigenvalue weighted by Gasteiger charge is 2.34. The summed E-state index contributed by atoms with van der Waals surface area (Å²) in [5, 5.41) is 8.78. The Bertz CT molecular complexity index is 2140. The first-order chi connectivity index (χ1) is 27.2. The SMILES string of the molecule is CN1C(=O)[C@H](CCCCN)CC(=O)[C@H](CCCN)NCc2cccnc2Sc2c(Cl)cc(-c3ccc(N)nc3)cc2CNC(=O)[C@@H]1Cc1c[nH]c2ccccc12. The fourth-order valence-electron chi connectivity index (χ4n) is 7.21. The number of aromatic amines is 1. The highest BCUT2D eigenvalue weighted by atomic mass is 35.5. The van der Waals surface area contributed by atoms with Crippen molar-refractivity contribution in [1.82, 2.24) is 30.5 Å². The van der Waals surface area contributed by atoms with E-state index in [-0.39, 0.29) is 37.0 Å². The average molecular weight is 796 g/mol. The maximum absolute atomic E-state index is 14.6. The van der Waals surface area contributed by atoms with Crippen LogP contribution in [-0.4, -0.2) is 69.7 Å². The van der Waals surface area contributed by atoms with Gasteiger partial charge in [0.2, 0.25) is 11.8 Å². The Morgan fingerprint density at radius 2 is 1.73 bits per heavy atom. The Labute approximate surface area is 336 Å². The minimum atomic E-state index is -0.894. The number of benzene rings is 2. The maximum Gasteiger partial charge on any atom is 0.243 e. The van der Waals surface area contributed by atoms with Gasteiger partial charge in [-0.05, 0) is 97.4 Å². The van der Waals surface area contributed by atoms with Gasteiger partial charge in [-0.15, -0.1) is 0 Å².